The van der Waals surface area contributed by atoms with Crippen LogP contribution in [0.2, 0.25) is 0 Å². The Kier molecular flexibility index (Phi) is 2.75. The van der Waals surface area contributed by atoms with Gasteiger partial charge in [0.15, 0.2) is 0 Å². The Labute approximate surface area is 97.0 Å². The molecule has 0 aromatic carbocycles. The maximum atomic E-state index is 4.39. The lowest BCUT2D eigenvalue weighted by Crippen LogP contribution is -2.30. The Morgan fingerprint density at radius 1 is 1.00 bits per heavy atom. The van der Waals surface area contributed by atoms with E-state index in [4.69, 9.17) is 0 Å². The Hall–Kier alpha value is -1.15. The number of piperidine rings is 1. The third-order valence-corrected chi connectivity index (χ3v) is 3.57. The van der Waals surface area contributed by atoms with Crippen LogP contribution in [0, 0.1) is 0 Å². The molecule has 0 unspecified atom stereocenters. The van der Waals surface area contributed by atoms with Gasteiger partial charge in [-0.2, -0.15) is 0 Å². The van der Waals surface area contributed by atoms with Gasteiger partial charge in [-0.15, -0.1) is 0 Å². The molecule has 1 aromatic heterocycles. The molecule has 0 radical (unpaired) electrons. The second-order valence-corrected chi connectivity index (χ2v) is 4.80. The smallest absolute Gasteiger partial charge is 0.0543 e. The molecule has 1 saturated carbocycles. The number of allylic oxidation sites excluding steroid dienone is 1. The van der Waals surface area contributed by atoms with Crippen molar-refractivity contribution >= 4 is 0 Å². The molecule has 16 heavy (non-hydrogen) atoms. The van der Waals surface area contributed by atoms with Gasteiger partial charge in [-0.05, 0) is 37.8 Å². The van der Waals surface area contributed by atoms with Crippen molar-refractivity contribution in [3.8, 4) is 0 Å². The molecule has 0 amide bonds. The normalized spacial score (nSPS) is 21.2. The largest absolute Gasteiger partial charge is 0.297 e. The number of nitrogens with zero attached hydrogens (tertiary/aromatic N) is 2. The van der Waals surface area contributed by atoms with E-state index < -0.39 is 0 Å². The molecular weight excluding hydrogens is 196 g/mol. The lowest BCUT2D eigenvalue weighted by Gasteiger charge is -2.28. The predicted octanol–water partition coefficient (Wildman–Crippen LogP) is 2.77. The molecule has 0 spiro atoms. The third kappa shape index (κ3) is 2.33. The van der Waals surface area contributed by atoms with Gasteiger partial charge in [0.1, 0.15) is 0 Å². The summed E-state index contributed by atoms with van der Waals surface area (Å²) < 4.78 is 0. The number of aromatic nitrogens is 1. The van der Waals surface area contributed by atoms with E-state index in [9.17, 15) is 0 Å². The number of pyridine rings is 1. The highest BCUT2D eigenvalue weighted by Crippen LogP contribution is 2.36. The first-order valence-electron chi connectivity index (χ1n) is 6.24. The summed E-state index contributed by atoms with van der Waals surface area (Å²) in [6.45, 7) is 3.45. The van der Waals surface area contributed by atoms with Crippen molar-refractivity contribution in [2.45, 2.75) is 32.2 Å². The quantitative estimate of drug-likeness (QED) is 0.704. The van der Waals surface area contributed by atoms with Crippen molar-refractivity contribution in [2.75, 3.05) is 13.1 Å². The van der Waals surface area contributed by atoms with Gasteiger partial charge in [0.2, 0.25) is 0 Å². The van der Waals surface area contributed by atoms with Gasteiger partial charge < -0.3 is 0 Å². The van der Waals surface area contributed by atoms with Crippen molar-refractivity contribution in [2.24, 2.45) is 0 Å². The van der Waals surface area contributed by atoms with E-state index in [2.05, 4.69) is 22.0 Å². The number of likely N-dealkylation sites (tertiary alicyclic amines) is 1. The van der Waals surface area contributed by atoms with E-state index in [1.54, 1.807) is 11.1 Å². The summed E-state index contributed by atoms with van der Waals surface area (Å²) in [6.07, 6.45) is 7.24. The Bertz CT molecular complexity index is 378. The van der Waals surface area contributed by atoms with Gasteiger partial charge in [0.25, 0.3) is 0 Å². The molecule has 2 heteroatoms. The first kappa shape index (κ1) is 10.0. The zero-order valence-corrected chi connectivity index (χ0v) is 9.65. The summed E-state index contributed by atoms with van der Waals surface area (Å²) in [5, 5.41) is 0. The van der Waals surface area contributed by atoms with Gasteiger partial charge in [-0.1, -0.05) is 17.2 Å². The molecule has 1 aliphatic heterocycles. The van der Waals surface area contributed by atoms with Crippen LogP contribution in [0.25, 0.3) is 0 Å². The van der Waals surface area contributed by atoms with E-state index in [1.165, 1.54) is 44.5 Å². The minimum atomic E-state index is 1.02. The molecule has 0 bridgehead atoms. The molecular formula is C14H18N2. The van der Waals surface area contributed by atoms with Gasteiger partial charge >= 0.3 is 0 Å². The van der Waals surface area contributed by atoms with Crippen molar-refractivity contribution in [3.05, 3.63) is 41.2 Å². The number of hydrogen-bond acceptors (Lipinski definition) is 2. The van der Waals surface area contributed by atoms with Crippen LogP contribution in [-0.2, 0) is 6.54 Å². The average Bonchev–Trinajstić information content (AvgIpc) is 3.15. The minimum absolute atomic E-state index is 1.02. The van der Waals surface area contributed by atoms with Crippen molar-refractivity contribution < 1.29 is 0 Å². The Morgan fingerprint density at radius 3 is 2.38 bits per heavy atom. The van der Waals surface area contributed by atoms with E-state index in [0.717, 1.165) is 6.54 Å². The van der Waals surface area contributed by atoms with Crippen LogP contribution in [0.3, 0.4) is 0 Å². The second-order valence-electron chi connectivity index (χ2n) is 4.80. The highest BCUT2D eigenvalue weighted by atomic mass is 15.1. The average molecular weight is 214 g/mol. The van der Waals surface area contributed by atoms with Crippen LogP contribution in [0.1, 0.15) is 31.4 Å². The molecule has 2 heterocycles. The highest BCUT2D eigenvalue weighted by molar-refractivity contribution is 5.26. The molecule has 0 N–H and O–H groups in total. The zero-order chi connectivity index (χ0) is 10.8. The summed E-state index contributed by atoms with van der Waals surface area (Å²) in [4.78, 5) is 6.91. The molecule has 2 fully saturated rings. The lowest BCUT2D eigenvalue weighted by molar-refractivity contribution is 0.245. The van der Waals surface area contributed by atoms with E-state index in [-0.39, 0.29) is 0 Å². The molecule has 84 valence electrons. The number of rotatable bonds is 2. The van der Waals surface area contributed by atoms with Crippen LogP contribution in [-0.4, -0.2) is 23.0 Å². The Morgan fingerprint density at radius 2 is 1.75 bits per heavy atom. The first-order valence-corrected chi connectivity index (χ1v) is 6.24. The van der Waals surface area contributed by atoms with Crippen molar-refractivity contribution in [1.29, 1.82) is 0 Å². The van der Waals surface area contributed by atoms with Crippen LogP contribution in [0.5, 0.6) is 0 Å². The number of hydrogen-bond donors (Lipinski definition) is 0. The predicted molar refractivity (Wildman–Crippen MR) is 65.0 cm³/mol. The molecule has 3 rings (SSSR count). The summed E-state index contributed by atoms with van der Waals surface area (Å²) in [7, 11) is 0. The van der Waals surface area contributed by atoms with E-state index >= 15 is 0 Å². The van der Waals surface area contributed by atoms with E-state index in [1.807, 2.05) is 12.3 Å². The van der Waals surface area contributed by atoms with Gasteiger partial charge in [-0.3, -0.25) is 9.88 Å². The Balaban J connectivity index is 1.56. The third-order valence-electron chi connectivity index (χ3n) is 3.57. The van der Waals surface area contributed by atoms with Gasteiger partial charge in [0, 0.05) is 25.8 Å². The second kappa shape index (κ2) is 4.38. The molecule has 0 atom stereocenters. The summed E-state index contributed by atoms with van der Waals surface area (Å²) in [5.74, 6) is 0. The van der Waals surface area contributed by atoms with Crippen LogP contribution in [0.4, 0.5) is 0 Å². The van der Waals surface area contributed by atoms with Crippen LogP contribution >= 0.6 is 0 Å². The molecule has 1 saturated heterocycles. The fourth-order valence-corrected chi connectivity index (χ4v) is 2.47. The first-order chi connectivity index (χ1) is 7.92. The topological polar surface area (TPSA) is 16.1 Å². The maximum absolute atomic E-state index is 4.39. The SMILES string of the molecule is c1ccc(CN2CCC(=C3CC3)CC2)nc1. The molecule has 1 aliphatic carbocycles. The van der Waals surface area contributed by atoms with E-state index in [0.29, 0.717) is 0 Å². The zero-order valence-electron chi connectivity index (χ0n) is 9.65. The standard InChI is InChI=1S/C14H18N2/c1-2-8-15-14(3-1)11-16-9-6-13(7-10-16)12-4-5-12/h1-3,8H,4-7,9-11H2. The minimum Gasteiger partial charge on any atom is -0.297 e. The molecule has 2 nitrogen and oxygen atoms in total. The lowest BCUT2D eigenvalue weighted by atomic mass is 10.0. The van der Waals surface area contributed by atoms with Gasteiger partial charge in [-0.25, -0.2) is 0 Å². The summed E-state index contributed by atoms with van der Waals surface area (Å²) in [5.41, 5.74) is 4.72. The summed E-state index contributed by atoms with van der Waals surface area (Å²) >= 11 is 0. The summed E-state index contributed by atoms with van der Waals surface area (Å²) in [6, 6.07) is 6.17. The highest BCUT2D eigenvalue weighted by Gasteiger charge is 2.21. The van der Waals surface area contributed by atoms with Crippen LogP contribution in [0.15, 0.2) is 35.5 Å². The fraction of sp³-hybridized carbons (Fsp3) is 0.500. The van der Waals surface area contributed by atoms with Crippen LogP contribution < -0.4 is 0 Å². The van der Waals surface area contributed by atoms with Gasteiger partial charge in [0.05, 0.1) is 5.69 Å². The molecule has 1 aromatic rings. The van der Waals surface area contributed by atoms with Crippen molar-refractivity contribution in [1.82, 2.24) is 9.88 Å². The fourth-order valence-electron chi connectivity index (χ4n) is 2.47. The van der Waals surface area contributed by atoms with Crippen molar-refractivity contribution in [3.63, 3.8) is 0 Å². The monoisotopic (exact) mass is 214 g/mol. The maximum Gasteiger partial charge on any atom is 0.0543 e. The molecule has 2 aliphatic rings.